The summed E-state index contributed by atoms with van der Waals surface area (Å²) in [4.78, 5) is 61.9. The molecule has 0 aliphatic heterocycles. The van der Waals surface area contributed by atoms with Gasteiger partial charge in [0, 0.05) is 12.3 Å². The van der Waals surface area contributed by atoms with Gasteiger partial charge >= 0.3 is 0 Å². The van der Waals surface area contributed by atoms with Crippen LogP contribution in [0.2, 0.25) is 0 Å². The maximum Gasteiger partial charge on any atom is 0.245 e. The van der Waals surface area contributed by atoms with Gasteiger partial charge in [0.25, 0.3) is 0 Å². The third-order valence-electron chi connectivity index (χ3n) is 5.45. The van der Waals surface area contributed by atoms with Crippen LogP contribution in [0.3, 0.4) is 0 Å². The van der Waals surface area contributed by atoms with Crippen LogP contribution in [0, 0.1) is 17.8 Å². The van der Waals surface area contributed by atoms with E-state index in [4.69, 9.17) is 16.7 Å². The summed E-state index contributed by atoms with van der Waals surface area (Å²) in [6.07, 6.45) is 1.74. The zero-order chi connectivity index (χ0) is 27.8. The summed E-state index contributed by atoms with van der Waals surface area (Å²) in [6.45, 7) is 7.09. The molecule has 0 saturated heterocycles. The summed E-state index contributed by atoms with van der Waals surface area (Å²) >= 11 is 0. The molecule has 0 saturated carbocycles. The molecule has 0 aromatic rings. The molecule has 0 rings (SSSR count). The molecule has 13 nitrogen and oxygen atoms in total. The molecular weight excluding hydrogens is 472 g/mol. The number of hydrogen-bond donors (Lipinski definition) is 8. The average Bonchev–Trinajstić information content (AvgIpc) is 2.79. The van der Waals surface area contributed by atoms with Crippen molar-refractivity contribution in [1.82, 2.24) is 21.4 Å². The molecule has 10 N–H and O–H groups in total. The van der Waals surface area contributed by atoms with E-state index in [2.05, 4.69) is 16.0 Å². The fourth-order valence-corrected chi connectivity index (χ4v) is 3.63. The Hall–Kier alpha value is -2.77. The van der Waals surface area contributed by atoms with E-state index in [1.165, 1.54) is 5.48 Å². The molecule has 0 aromatic heterocycles. The van der Waals surface area contributed by atoms with E-state index >= 15 is 0 Å². The lowest BCUT2D eigenvalue weighted by Gasteiger charge is -2.26. The molecule has 13 heteroatoms. The summed E-state index contributed by atoms with van der Waals surface area (Å²) in [5.41, 5.74) is 12.3. The quantitative estimate of drug-likeness (QED) is 0.0615. The highest BCUT2D eigenvalue weighted by Crippen LogP contribution is 2.17. The Bertz CT molecular complexity index is 732. The summed E-state index contributed by atoms with van der Waals surface area (Å²) in [5, 5.41) is 26.0. The van der Waals surface area contributed by atoms with E-state index in [9.17, 15) is 29.1 Å². The van der Waals surface area contributed by atoms with Crippen LogP contribution in [0.15, 0.2) is 0 Å². The summed E-state index contributed by atoms with van der Waals surface area (Å²) in [6, 6.07) is -3.43. The van der Waals surface area contributed by atoms with Crippen LogP contribution in [-0.4, -0.2) is 71.1 Å². The van der Waals surface area contributed by atoms with Crippen molar-refractivity contribution in [1.29, 1.82) is 0 Å². The maximum absolute atomic E-state index is 13.0. The molecule has 0 radical (unpaired) electrons. The number of carbonyl (C=O) groups is 5. The van der Waals surface area contributed by atoms with Crippen LogP contribution in [0.4, 0.5) is 0 Å². The lowest BCUT2D eigenvalue weighted by Crippen LogP contribution is -2.58. The van der Waals surface area contributed by atoms with Crippen LogP contribution in [0.25, 0.3) is 0 Å². The van der Waals surface area contributed by atoms with Gasteiger partial charge in [0.1, 0.15) is 18.1 Å². The van der Waals surface area contributed by atoms with Crippen LogP contribution in [0.1, 0.15) is 66.2 Å². The molecule has 0 bridgehead atoms. The number of carbonyl (C=O) groups excluding carboxylic acids is 5. The molecule has 0 unspecified atom stereocenters. The summed E-state index contributed by atoms with van der Waals surface area (Å²) in [5.74, 6) is -4.28. The van der Waals surface area contributed by atoms with Gasteiger partial charge in [-0.1, -0.05) is 27.7 Å². The number of hydroxylamine groups is 1. The first kappa shape index (κ1) is 33.2. The number of primary amides is 1. The molecule has 0 heterocycles. The van der Waals surface area contributed by atoms with Gasteiger partial charge in [-0.05, 0) is 50.5 Å². The molecular formula is C23H44N6O7. The number of unbranched alkanes of at least 4 members (excludes halogenated alkanes) is 1. The van der Waals surface area contributed by atoms with Gasteiger partial charge < -0.3 is 32.5 Å². The Morgan fingerprint density at radius 2 is 1.31 bits per heavy atom. The van der Waals surface area contributed by atoms with Gasteiger partial charge in [0.2, 0.25) is 29.5 Å². The molecule has 0 spiro atoms. The van der Waals surface area contributed by atoms with Gasteiger partial charge in [0.05, 0.1) is 6.61 Å². The summed E-state index contributed by atoms with van der Waals surface area (Å²) in [7, 11) is 0. The topological polar surface area (TPSA) is 226 Å². The van der Waals surface area contributed by atoms with E-state index in [0.717, 1.165) is 0 Å². The highest BCUT2D eigenvalue weighted by molar-refractivity contribution is 5.94. The molecule has 0 fully saturated rings. The predicted molar refractivity (Wildman–Crippen MR) is 132 cm³/mol. The Labute approximate surface area is 212 Å². The molecule has 0 aliphatic rings. The first-order valence-corrected chi connectivity index (χ1v) is 12.3. The van der Waals surface area contributed by atoms with Crippen molar-refractivity contribution >= 4 is 29.5 Å². The van der Waals surface area contributed by atoms with Crippen LogP contribution in [-0.2, 0) is 24.0 Å². The number of aliphatic hydroxyl groups is 1. The largest absolute Gasteiger partial charge is 0.394 e. The van der Waals surface area contributed by atoms with Gasteiger partial charge in [-0.3, -0.25) is 29.2 Å². The highest BCUT2D eigenvalue weighted by Gasteiger charge is 2.31. The second kappa shape index (κ2) is 17.6. The second-order valence-corrected chi connectivity index (χ2v) is 9.75. The minimum Gasteiger partial charge on any atom is -0.394 e. The Morgan fingerprint density at radius 3 is 1.78 bits per heavy atom. The van der Waals surface area contributed by atoms with Gasteiger partial charge in [-0.25, -0.2) is 5.48 Å². The van der Waals surface area contributed by atoms with Crippen molar-refractivity contribution in [2.45, 2.75) is 84.3 Å². The lowest BCUT2D eigenvalue weighted by atomic mass is 9.92. The van der Waals surface area contributed by atoms with Crippen molar-refractivity contribution in [3.05, 3.63) is 0 Å². The van der Waals surface area contributed by atoms with Crippen molar-refractivity contribution in [3.8, 4) is 0 Å². The third-order valence-corrected chi connectivity index (χ3v) is 5.45. The van der Waals surface area contributed by atoms with E-state index < -0.39 is 60.2 Å². The van der Waals surface area contributed by atoms with Crippen molar-refractivity contribution in [2.75, 3.05) is 13.2 Å². The SMILES string of the molecule is CC(C)C[C@H](CC(=O)NO)C(=O)N[C@@H](CC(C)C)C(=O)N[C@@H](CO)C(=O)N[C@@H](CCCCN)C(N)=O. The van der Waals surface area contributed by atoms with Crippen LogP contribution >= 0.6 is 0 Å². The van der Waals surface area contributed by atoms with Crippen molar-refractivity contribution < 1.29 is 34.3 Å². The minimum atomic E-state index is -1.38. The first-order valence-electron chi connectivity index (χ1n) is 12.3. The Kier molecular flexibility index (Phi) is 16.3. The zero-order valence-corrected chi connectivity index (χ0v) is 21.7. The van der Waals surface area contributed by atoms with Gasteiger partial charge in [-0.15, -0.1) is 0 Å². The predicted octanol–water partition coefficient (Wildman–Crippen LogP) is -1.35. The lowest BCUT2D eigenvalue weighted by molar-refractivity contribution is -0.137. The molecule has 36 heavy (non-hydrogen) atoms. The molecule has 4 atom stereocenters. The molecule has 208 valence electrons. The third kappa shape index (κ3) is 13.4. The van der Waals surface area contributed by atoms with Crippen LogP contribution < -0.4 is 32.9 Å². The van der Waals surface area contributed by atoms with Gasteiger partial charge in [-0.2, -0.15) is 0 Å². The van der Waals surface area contributed by atoms with Crippen LogP contribution in [0.5, 0.6) is 0 Å². The summed E-state index contributed by atoms with van der Waals surface area (Å²) < 4.78 is 0. The zero-order valence-electron chi connectivity index (χ0n) is 21.7. The molecule has 5 amide bonds. The standard InChI is InChI=1S/C23H44N6O7/c1-13(2)9-15(11-19(31)29-36)21(33)27-17(10-14(3)4)22(34)28-18(12-30)23(35)26-16(20(25)32)7-5-6-8-24/h13-18,30,36H,5-12,24H2,1-4H3,(H2,25,32)(H,26,35)(H,27,33)(H,28,34)(H,29,31)/t15-,16+,17+,18+/m1/s1. The first-order chi connectivity index (χ1) is 16.9. The molecule has 0 aromatic carbocycles. The fourth-order valence-electron chi connectivity index (χ4n) is 3.63. The van der Waals surface area contributed by atoms with E-state index in [1.807, 2.05) is 27.7 Å². The molecule has 0 aliphatic carbocycles. The average molecular weight is 517 g/mol. The minimum absolute atomic E-state index is 0.0199. The van der Waals surface area contributed by atoms with E-state index in [1.54, 1.807) is 0 Å². The Balaban J connectivity index is 5.45. The number of hydrogen-bond acceptors (Lipinski definition) is 8. The normalized spacial score (nSPS) is 14.5. The van der Waals surface area contributed by atoms with Crippen molar-refractivity contribution in [3.63, 3.8) is 0 Å². The Morgan fingerprint density at radius 1 is 0.778 bits per heavy atom. The van der Waals surface area contributed by atoms with E-state index in [-0.39, 0.29) is 31.1 Å². The van der Waals surface area contributed by atoms with Crippen molar-refractivity contribution in [2.24, 2.45) is 29.2 Å². The van der Waals surface area contributed by atoms with E-state index in [0.29, 0.717) is 25.8 Å². The second-order valence-electron chi connectivity index (χ2n) is 9.75. The number of nitrogens with one attached hydrogen (secondary N) is 4. The number of aliphatic hydroxyl groups excluding tert-OH is 1. The number of nitrogens with two attached hydrogens (primary N) is 2. The smallest absolute Gasteiger partial charge is 0.245 e. The fraction of sp³-hybridized carbons (Fsp3) is 0.783. The number of amides is 5. The monoisotopic (exact) mass is 516 g/mol. The number of rotatable bonds is 18. The maximum atomic E-state index is 13.0. The highest BCUT2D eigenvalue weighted by atomic mass is 16.5. The van der Waals surface area contributed by atoms with Gasteiger partial charge in [0.15, 0.2) is 0 Å².